The average Bonchev–Trinajstić information content (AvgIpc) is 2.24. The summed E-state index contributed by atoms with van der Waals surface area (Å²) in [4.78, 5) is 22.3. The maximum atomic E-state index is 11.5. The fraction of sp³-hybridized carbons (Fsp3) is 0.0909. The van der Waals surface area contributed by atoms with Crippen molar-refractivity contribution >= 4 is 17.6 Å². The number of hydrogen-bond acceptors (Lipinski definition) is 3. The van der Waals surface area contributed by atoms with E-state index in [2.05, 4.69) is 11.9 Å². The summed E-state index contributed by atoms with van der Waals surface area (Å²) in [6, 6.07) is 3.99. The van der Waals surface area contributed by atoms with Crippen LogP contribution in [0.15, 0.2) is 30.9 Å². The molecule has 0 bridgehead atoms. The molecule has 84 valence electrons. The summed E-state index contributed by atoms with van der Waals surface area (Å²) in [7, 11) is 0. The Balaban J connectivity index is 3.00. The zero-order chi connectivity index (χ0) is 12.1. The lowest BCUT2D eigenvalue weighted by molar-refractivity contribution is 0.0697. The van der Waals surface area contributed by atoms with Gasteiger partial charge < -0.3 is 16.2 Å². The van der Waals surface area contributed by atoms with Gasteiger partial charge in [-0.25, -0.2) is 4.79 Å². The third-order valence-electron chi connectivity index (χ3n) is 1.87. The van der Waals surface area contributed by atoms with Crippen LogP contribution < -0.4 is 11.1 Å². The molecule has 0 atom stereocenters. The van der Waals surface area contributed by atoms with Crippen molar-refractivity contribution in [3.8, 4) is 0 Å². The number of carboxylic acids is 1. The quantitative estimate of drug-likeness (QED) is 0.518. The van der Waals surface area contributed by atoms with Crippen LogP contribution in [0.4, 0.5) is 5.69 Å². The van der Waals surface area contributed by atoms with E-state index in [9.17, 15) is 9.59 Å². The third-order valence-corrected chi connectivity index (χ3v) is 1.87. The number of nitrogen functional groups attached to an aromatic ring is 1. The minimum absolute atomic E-state index is 0.0104. The van der Waals surface area contributed by atoms with E-state index in [0.717, 1.165) is 0 Å². The van der Waals surface area contributed by atoms with Gasteiger partial charge in [-0.1, -0.05) is 6.08 Å². The Morgan fingerprint density at radius 2 is 2.00 bits per heavy atom. The van der Waals surface area contributed by atoms with Gasteiger partial charge in [-0.05, 0) is 18.2 Å². The van der Waals surface area contributed by atoms with Gasteiger partial charge in [0.25, 0.3) is 5.91 Å². The molecule has 0 aliphatic heterocycles. The standard InChI is InChI=1S/C11H12N2O3/c1-2-3-13-10(14)7-4-8(11(15)16)6-9(12)5-7/h2,4-6H,1,3,12H2,(H,13,14)(H,15,16). The fourth-order valence-corrected chi connectivity index (χ4v) is 1.17. The highest BCUT2D eigenvalue weighted by Crippen LogP contribution is 2.12. The number of hydrogen-bond donors (Lipinski definition) is 3. The van der Waals surface area contributed by atoms with Crippen molar-refractivity contribution in [3.63, 3.8) is 0 Å². The van der Waals surface area contributed by atoms with E-state index in [1.165, 1.54) is 24.3 Å². The van der Waals surface area contributed by atoms with E-state index in [0.29, 0.717) is 6.54 Å². The highest BCUT2D eigenvalue weighted by molar-refractivity contribution is 5.98. The van der Waals surface area contributed by atoms with Gasteiger partial charge in [-0.15, -0.1) is 6.58 Å². The van der Waals surface area contributed by atoms with E-state index in [1.807, 2.05) is 0 Å². The van der Waals surface area contributed by atoms with Crippen molar-refractivity contribution in [2.24, 2.45) is 0 Å². The molecule has 0 fully saturated rings. The predicted molar refractivity (Wildman–Crippen MR) is 60.3 cm³/mol. The first-order valence-electron chi connectivity index (χ1n) is 4.57. The minimum Gasteiger partial charge on any atom is -0.478 e. The van der Waals surface area contributed by atoms with Gasteiger partial charge in [0.05, 0.1) is 5.56 Å². The molecule has 5 nitrogen and oxygen atoms in total. The average molecular weight is 220 g/mol. The first-order chi connectivity index (χ1) is 7.54. The Labute approximate surface area is 92.6 Å². The summed E-state index contributed by atoms with van der Waals surface area (Å²) in [6.45, 7) is 3.77. The molecule has 16 heavy (non-hydrogen) atoms. The van der Waals surface area contributed by atoms with Crippen LogP contribution in [0.25, 0.3) is 0 Å². The Morgan fingerprint density at radius 1 is 1.38 bits per heavy atom. The molecule has 1 aromatic carbocycles. The number of carboxylic acid groups (broad SMARTS) is 1. The van der Waals surface area contributed by atoms with Gasteiger partial charge in [0.2, 0.25) is 0 Å². The molecule has 5 heteroatoms. The smallest absolute Gasteiger partial charge is 0.335 e. The number of carbonyl (C=O) groups is 2. The molecular weight excluding hydrogens is 208 g/mol. The van der Waals surface area contributed by atoms with Crippen LogP contribution in [-0.2, 0) is 0 Å². The van der Waals surface area contributed by atoms with Crippen molar-refractivity contribution in [1.29, 1.82) is 0 Å². The number of nitrogens with one attached hydrogen (secondary N) is 1. The predicted octanol–water partition coefficient (Wildman–Crippen LogP) is 0.883. The van der Waals surface area contributed by atoms with Gasteiger partial charge in [-0.3, -0.25) is 4.79 Å². The molecule has 0 saturated carbocycles. The second-order valence-electron chi connectivity index (χ2n) is 3.15. The number of benzene rings is 1. The van der Waals surface area contributed by atoms with Crippen molar-refractivity contribution in [2.45, 2.75) is 0 Å². The van der Waals surface area contributed by atoms with Crippen LogP contribution in [0.1, 0.15) is 20.7 Å². The zero-order valence-corrected chi connectivity index (χ0v) is 8.56. The number of anilines is 1. The summed E-state index contributed by atoms with van der Waals surface area (Å²) < 4.78 is 0. The molecule has 0 aliphatic rings. The lowest BCUT2D eigenvalue weighted by atomic mass is 10.1. The van der Waals surface area contributed by atoms with Crippen LogP contribution in [0.3, 0.4) is 0 Å². The van der Waals surface area contributed by atoms with Crippen molar-refractivity contribution in [3.05, 3.63) is 42.0 Å². The Bertz CT molecular complexity index is 441. The summed E-state index contributed by atoms with van der Waals surface area (Å²) in [5.74, 6) is -1.50. The van der Waals surface area contributed by atoms with Gasteiger partial charge in [0, 0.05) is 17.8 Å². The minimum atomic E-state index is -1.12. The number of rotatable bonds is 4. The van der Waals surface area contributed by atoms with Crippen molar-refractivity contribution in [1.82, 2.24) is 5.32 Å². The largest absolute Gasteiger partial charge is 0.478 e. The van der Waals surface area contributed by atoms with Crippen LogP contribution in [0, 0.1) is 0 Å². The maximum absolute atomic E-state index is 11.5. The fourth-order valence-electron chi connectivity index (χ4n) is 1.17. The third kappa shape index (κ3) is 2.84. The van der Waals surface area contributed by atoms with Crippen LogP contribution >= 0.6 is 0 Å². The van der Waals surface area contributed by atoms with Gasteiger partial charge in [-0.2, -0.15) is 0 Å². The van der Waals surface area contributed by atoms with E-state index in [4.69, 9.17) is 10.8 Å². The Kier molecular flexibility index (Phi) is 3.66. The summed E-state index contributed by atoms with van der Waals surface area (Å²) in [6.07, 6.45) is 1.53. The van der Waals surface area contributed by atoms with Crippen molar-refractivity contribution < 1.29 is 14.7 Å². The molecule has 1 rings (SSSR count). The van der Waals surface area contributed by atoms with Gasteiger partial charge in [0.15, 0.2) is 0 Å². The lowest BCUT2D eigenvalue weighted by Crippen LogP contribution is -2.23. The second kappa shape index (κ2) is 4.97. The molecule has 0 saturated heterocycles. The maximum Gasteiger partial charge on any atom is 0.335 e. The molecule has 1 aromatic rings. The van der Waals surface area contributed by atoms with Gasteiger partial charge in [0.1, 0.15) is 0 Å². The molecular formula is C11H12N2O3. The highest BCUT2D eigenvalue weighted by Gasteiger charge is 2.10. The highest BCUT2D eigenvalue weighted by atomic mass is 16.4. The van der Waals surface area contributed by atoms with Crippen LogP contribution in [0.2, 0.25) is 0 Å². The van der Waals surface area contributed by atoms with Crippen LogP contribution in [0.5, 0.6) is 0 Å². The zero-order valence-electron chi connectivity index (χ0n) is 8.56. The second-order valence-corrected chi connectivity index (χ2v) is 3.15. The molecule has 0 aromatic heterocycles. The first-order valence-corrected chi connectivity index (χ1v) is 4.57. The Hall–Kier alpha value is -2.30. The van der Waals surface area contributed by atoms with E-state index >= 15 is 0 Å². The Morgan fingerprint density at radius 3 is 2.56 bits per heavy atom. The molecule has 0 heterocycles. The monoisotopic (exact) mass is 220 g/mol. The first kappa shape index (κ1) is 11.8. The van der Waals surface area contributed by atoms with Gasteiger partial charge >= 0.3 is 5.97 Å². The topological polar surface area (TPSA) is 92.4 Å². The lowest BCUT2D eigenvalue weighted by Gasteiger charge is -2.05. The number of aromatic carboxylic acids is 1. The SMILES string of the molecule is C=CCNC(=O)c1cc(N)cc(C(=O)O)c1. The number of carbonyl (C=O) groups excluding carboxylic acids is 1. The van der Waals surface area contributed by atoms with E-state index in [-0.39, 0.29) is 22.7 Å². The molecule has 0 spiro atoms. The molecule has 0 aliphatic carbocycles. The normalized spacial score (nSPS) is 9.50. The molecule has 1 amide bonds. The summed E-state index contributed by atoms with van der Waals surface area (Å²) in [5, 5.41) is 11.3. The molecule has 0 unspecified atom stereocenters. The summed E-state index contributed by atoms with van der Waals surface area (Å²) >= 11 is 0. The summed E-state index contributed by atoms with van der Waals surface area (Å²) in [5.41, 5.74) is 5.95. The van der Waals surface area contributed by atoms with Crippen LogP contribution in [-0.4, -0.2) is 23.5 Å². The molecule has 4 N–H and O–H groups in total. The van der Waals surface area contributed by atoms with E-state index < -0.39 is 5.97 Å². The number of nitrogens with two attached hydrogens (primary N) is 1. The van der Waals surface area contributed by atoms with Crippen molar-refractivity contribution in [2.75, 3.05) is 12.3 Å². The van der Waals surface area contributed by atoms with E-state index in [1.54, 1.807) is 0 Å². The number of amides is 1. The molecule has 0 radical (unpaired) electrons.